The second kappa shape index (κ2) is 6.41. The maximum absolute atomic E-state index is 11.9. The van der Waals surface area contributed by atoms with Crippen LogP contribution in [-0.4, -0.2) is 30.1 Å². The largest absolute Gasteiger partial charge is 0.355 e. The lowest BCUT2D eigenvalue weighted by Crippen LogP contribution is -2.36. The molecule has 0 saturated carbocycles. The van der Waals surface area contributed by atoms with E-state index in [-0.39, 0.29) is 12.1 Å². The number of urea groups is 1. The molecule has 5 heteroatoms. The maximum Gasteiger partial charge on any atom is 0.319 e. The Labute approximate surface area is 114 Å². The van der Waals surface area contributed by atoms with E-state index in [0.29, 0.717) is 0 Å². The van der Waals surface area contributed by atoms with Gasteiger partial charge in [0.2, 0.25) is 0 Å². The molecule has 1 aliphatic rings. The van der Waals surface area contributed by atoms with Gasteiger partial charge in [-0.25, -0.2) is 9.78 Å². The molecule has 2 rings (SSSR count). The summed E-state index contributed by atoms with van der Waals surface area (Å²) in [6.45, 7) is 6.06. The number of nitrogens with one attached hydrogen (secondary N) is 2. The summed E-state index contributed by atoms with van der Waals surface area (Å²) in [6.07, 6.45) is 5.06. The lowest BCUT2D eigenvalue weighted by molar-refractivity contribution is 0.249. The molecule has 0 radical (unpaired) electrons. The molecule has 1 saturated heterocycles. The maximum atomic E-state index is 11.9. The predicted octanol–water partition coefficient (Wildman–Crippen LogP) is 2.60. The van der Waals surface area contributed by atoms with Gasteiger partial charge in [0, 0.05) is 25.3 Å². The number of nitrogens with zero attached hydrogens (tertiary/aromatic N) is 2. The first kappa shape index (κ1) is 13.6. The molecule has 19 heavy (non-hydrogen) atoms. The van der Waals surface area contributed by atoms with Crippen molar-refractivity contribution in [3.63, 3.8) is 0 Å². The lowest BCUT2D eigenvalue weighted by Gasteiger charge is -2.20. The molecule has 2 amide bonds. The molecule has 1 atom stereocenters. The highest BCUT2D eigenvalue weighted by molar-refractivity contribution is 5.92. The highest BCUT2D eigenvalue weighted by atomic mass is 16.2. The smallest absolute Gasteiger partial charge is 0.319 e. The Kier molecular flexibility index (Phi) is 4.60. The average Bonchev–Trinajstić information content (AvgIpc) is 2.93. The third kappa shape index (κ3) is 3.59. The van der Waals surface area contributed by atoms with Gasteiger partial charge in [0.05, 0.1) is 5.69 Å². The number of rotatable bonds is 4. The standard InChI is InChI=1S/C14H22N4O/c1-3-11(2)16-14(19)17-12-7-6-8-15-13(12)18-9-4-5-10-18/h6-8,11H,3-5,9-10H2,1-2H3,(H2,16,17,19)/t11-/m0/s1. The van der Waals surface area contributed by atoms with Crippen molar-refractivity contribution in [1.29, 1.82) is 0 Å². The molecule has 2 N–H and O–H groups in total. The van der Waals surface area contributed by atoms with Gasteiger partial charge in [-0.05, 0) is 38.3 Å². The molecule has 0 unspecified atom stereocenters. The molecule has 0 aliphatic carbocycles. The Morgan fingerprint density at radius 3 is 2.89 bits per heavy atom. The van der Waals surface area contributed by atoms with Crippen LogP contribution in [0.1, 0.15) is 33.1 Å². The molecular weight excluding hydrogens is 240 g/mol. The number of anilines is 2. The van der Waals surface area contributed by atoms with Crippen LogP contribution in [0.15, 0.2) is 18.3 Å². The first-order chi connectivity index (χ1) is 9.20. The topological polar surface area (TPSA) is 57.3 Å². The molecule has 1 aromatic heterocycles. The molecule has 0 spiro atoms. The average molecular weight is 262 g/mol. The van der Waals surface area contributed by atoms with E-state index in [9.17, 15) is 4.79 Å². The molecular formula is C14H22N4O. The van der Waals surface area contributed by atoms with Crippen molar-refractivity contribution in [3.8, 4) is 0 Å². The second-order valence-corrected chi connectivity index (χ2v) is 4.98. The Balaban J connectivity index is 2.05. The Hall–Kier alpha value is -1.78. The van der Waals surface area contributed by atoms with Gasteiger partial charge in [0.1, 0.15) is 0 Å². The Bertz CT molecular complexity index is 429. The number of carbonyl (C=O) groups excluding carboxylic acids is 1. The number of amides is 2. The van der Waals surface area contributed by atoms with Gasteiger partial charge in [0.25, 0.3) is 0 Å². The number of carbonyl (C=O) groups is 1. The van der Waals surface area contributed by atoms with Crippen LogP contribution in [0.2, 0.25) is 0 Å². The fraction of sp³-hybridized carbons (Fsp3) is 0.571. The number of hydrogen-bond acceptors (Lipinski definition) is 3. The molecule has 2 heterocycles. The number of aromatic nitrogens is 1. The molecule has 0 aromatic carbocycles. The highest BCUT2D eigenvalue weighted by Gasteiger charge is 2.18. The van der Waals surface area contributed by atoms with Gasteiger partial charge in [-0.3, -0.25) is 0 Å². The van der Waals surface area contributed by atoms with E-state index in [1.807, 2.05) is 26.0 Å². The van der Waals surface area contributed by atoms with Crippen LogP contribution in [0.5, 0.6) is 0 Å². The van der Waals surface area contributed by atoms with Crippen LogP contribution < -0.4 is 15.5 Å². The number of hydrogen-bond donors (Lipinski definition) is 2. The van der Waals surface area contributed by atoms with Crippen LogP contribution in [0.25, 0.3) is 0 Å². The monoisotopic (exact) mass is 262 g/mol. The van der Waals surface area contributed by atoms with Crippen LogP contribution in [-0.2, 0) is 0 Å². The summed E-state index contributed by atoms with van der Waals surface area (Å²) in [6, 6.07) is 3.75. The van der Waals surface area contributed by atoms with Crippen molar-refractivity contribution >= 4 is 17.5 Å². The third-order valence-electron chi connectivity index (χ3n) is 3.43. The highest BCUT2D eigenvalue weighted by Crippen LogP contribution is 2.25. The van der Waals surface area contributed by atoms with Crippen molar-refractivity contribution in [2.75, 3.05) is 23.3 Å². The van der Waals surface area contributed by atoms with Gasteiger partial charge in [-0.1, -0.05) is 6.92 Å². The van der Waals surface area contributed by atoms with Crippen molar-refractivity contribution in [3.05, 3.63) is 18.3 Å². The predicted molar refractivity (Wildman–Crippen MR) is 77.6 cm³/mol. The van der Waals surface area contributed by atoms with Crippen LogP contribution in [0, 0.1) is 0 Å². The van der Waals surface area contributed by atoms with Crippen LogP contribution in [0.4, 0.5) is 16.3 Å². The zero-order valence-electron chi connectivity index (χ0n) is 11.6. The van der Waals surface area contributed by atoms with E-state index < -0.39 is 0 Å². The van der Waals surface area contributed by atoms with E-state index in [2.05, 4.69) is 20.5 Å². The summed E-state index contributed by atoms with van der Waals surface area (Å²) >= 11 is 0. The first-order valence-electron chi connectivity index (χ1n) is 6.98. The zero-order chi connectivity index (χ0) is 13.7. The van der Waals surface area contributed by atoms with E-state index in [4.69, 9.17) is 0 Å². The van der Waals surface area contributed by atoms with Crippen molar-refractivity contribution in [1.82, 2.24) is 10.3 Å². The lowest BCUT2D eigenvalue weighted by atomic mass is 10.3. The minimum absolute atomic E-state index is 0.164. The number of pyridine rings is 1. The SMILES string of the molecule is CC[C@H](C)NC(=O)Nc1cccnc1N1CCCC1. The van der Waals surface area contributed by atoms with Gasteiger partial charge >= 0.3 is 6.03 Å². The van der Waals surface area contributed by atoms with E-state index in [1.54, 1.807) is 6.20 Å². The van der Waals surface area contributed by atoms with Crippen molar-refractivity contribution < 1.29 is 4.79 Å². The van der Waals surface area contributed by atoms with E-state index in [1.165, 1.54) is 12.8 Å². The van der Waals surface area contributed by atoms with Gasteiger partial charge < -0.3 is 15.5 Å². The van der Waals surface area contributed by atoms with Crippen LogP contribution in [0.3, 0.4) is 0 Å². The minimum atomic E-state index is -0.164. The quantitative estimate of drug-likeness (QED) is 0.877. The summed E-state index contributed by atoms with van der Waals surface area (Å²) < 4.78 is 0. The normalized spacial score (nSPS) is 16.2. The summed E-state index contributed by atoms with van der Waals surface area (Å²) in [4.78, 5) is 18.5. The summed E-state index contributed by atoms with van der Waals surface area (Å²) in [5.41, 5.74) is 0.783. The Morgan fingerprint density at radius 2 is 2.21 bits per heavy atom. The van der Waals surface area contributed by atoms with E-state index in [0.717, 1.165) is 31.0 Å². The Morgan fingerprint density at radius 1 is 1.47 bits per heavy atom. The fourth-order valence-corrected chi connectivity index (χ4v) is 2.16. The molecule has 1 aliphatic heterocycles. The summed E-state index contributed by atoms with van der Waals surface area (Å²) in [5, 5.41) is 5.80. The van der Waals surface area contributed by atoms with E-state index >= 15 is 0 Å². The zero-order valence-corrected chi connectivity index (χ0v) is 11.6. The molecule has 1 fully saturated rings. The van der Waals surface area contributed by atoms with Crippen molar-refractivity contribution in [2.24, 2.45) is 0 Å². The van der Waals surface area contributed by atoms with Crippen LogP contribution >= 0.6 is 0 Å². The van der Waals surface area contributed by atoms with Gasteiger partial charge in [-0.15, -0.1) is 0 Å². The summed E-state index contributed by atoms with van der Waals surface area (Å²) in [5.74, 6) is 0.874. The molecule has 104 valence electrons. The first-order valence-corrected chi connectivity index (χ1v) is 6.98. The molecule has 0 bridgehead atoms. The fourth-order valence-electron chi connectivity index (χ4n) is 2.16. The second-order valence-electron chi connectivity index (χ2n) is 4.98. The van der Waals surface area contributed by atoms with Gasteiger partial charge in [0.15, 0.2) is 5.82 Å². The third-order valence-corrected chi connectivity index (χ3v) is 3.43. The molecule has 5 nitrogen and oxygen atoms in total. The minimum Gasteiger partial charge on any atom is -0.355 e. The summed E-state index contributed by atoms with van der Waals surface area (Å²) in [7, 11) is 0. The van der Waals surface area contributed by atoms with Gasteiger partial charge in [-0.2, -0.15) is 0 Å². The van der Waals surface area contributed by atoms with Crippen molar-refractivity contribution in [2.45, 2.75) is 39.2 Å². The molecule has 1 aromatic rings.